The predicted octanol–water partition coefficient (Wildman–Crippen LogP) is 3.72. The van der Waals surface area contributed by atoms with E-state index in [1.807, 2.05) is 0 Å². The van der Waals surface area contributed by atoms with Crippen LogP contribution in [0, 0.1) is 13.8 Å². The Morgan fingerprint density at radius 1 is 1.16 bits per heavy atom. The summed E-state index contributed by atoms with van der Waals surface area (Å²) in [6.07, 6.45) is 4.14. The number of rotatable bonds is 2. The van der Waals surface area contributed by atoms with Gasteiger partial charge in [0.15, 0.2) is 5.82 Å². The lowest BCUT2D eigenvalue weighted by atomic mass is 9.76. The van der Waals surface area contributed by atoms with Crippen LogP contribution in [-0.4, -0.2) is 25.9 Å². The molecule has 3 heterocycles. The zero-order valence-electron chi connectivity index (χ0n) is 15.7. The SMILES string of the molecule is Cc1nn(C(C)(C)C)c(C)c1[C@H]1CC(=O)Nc2n[nH]c(C3CCC3)c21. The van der Waals surface area contributed by atoms with Gasteiger partial charge in [0.05, 0.1) is 11.2 Å². The zero-order chi connectivity index (χ0) is 17.9. The first kappa shape index (κ1) is 16.4. The van der Waals surface area contributed by atoms with Gasteiger partial charge in [-0.15, -0.1) is 0 Å². The van der Waals surface area contributed by atoms with Crippen molar-refractivity contribution >= 4 is 11.7 Å². The highest BCUT2D eigenvalue weighted by atomic mass is 16.1. The van der Waals surface area contributed by atoms with Crippen molar-refractivity contribution in [2.45, 2.75) is 77.7 Å². The summed E-state index contributed by atoms with van der Waals surface area (Å²) in [6, 6.07) is 0. The van der Waals surface area contributed by atoms with Crippen molar-refractivity contribution in [1.82, 2.24) is 20.0 Å². The summed E-state index contributed by atoms with van der Waals surface area (Å²) in [4.78, 5) is 12.3. The van der Waals surface area contributed by atoms with Crippen molar-refractivity contribution in [2.75, 3.05) is 5.32 Å². The number of carbonyl (C=O) groups is 1. The molecule has 4 rings (SSSR count). The average Bonchev–Trinajstić information content (AvgIpc) is 2.98. The molecule has 1 saturated carbocycles. The van der Waals surface area contributed by atoms with Crippen molar-refractivity contribution in [3.63, 3.8) is 0 Å². The fourth-order valence-corrected chi connectivity index (χ4v) is 4.35. The van der Waals surface area contributed by atoms with Gasteiger partial charge in [-0.2, -0.15) is 10.2 Å². The maximum atomic E-state index is 12.3. The summed E-state index contributed by atoms with van der Waals surface area (Å²) in [7, 11) is 0. The first-order chi connectivity index (χ1) is 11.8. The van der Waals surface area contributed by atoms with Crippen LogP contribution in [0.1, 0.15) is 86.5 Å². The Bertz CT molecular complexity index is 835. The third kappa shape index (κ3) is 2.50. The van der Waals surface area contributed by atoms with Crippen molar-refractivity contribution in [3.05, 3.63) is 28.2 Å². The van der Waals surface area contributed by atoms with Gasteiger partial charge in [-0.3, -0.25) is 14.6 Å². The van der Waals surface area contributed by atoms with Gasteiger partial charge in [0, 0.05) is 40.8 Å². The van der Waals surface area contributed by atoms with Gasteiger partial charge in [0.25, 0.3) is 0 Å². The maximum Gasteiger partial charge on any atom is 0.226 e. The van der Waals surface area contributed by atoms with Gasteiger partial charge in [-0.05, 0) is 47.5 Å². The Balaban J connectivity index is 1.86. The smallest absolute Gasteiger partial charge is 0.226 e. The fraction of sp³-hybridized carbons (Fsp3) is 0.632. The van der Waals surface area contributed by atoms with E-state index in [0.717, 1.165) is 11.4 Å². The van der Waals surface area contributed by atoms with E-state index in [-0.39, 0.29) is 17.4 Å². The molecule has 1 atom stereocenters. The highest BCUT2D eigenvalue weighted by Crippen LogP contribution is 2.46. The van der Waals surface area contributed by atoms with Crippen LogP contribution < -0.4 is 5.32 Å². The van der Waals surface area contributed by atoms with E-state index < -0.39 is 0 Å². The zero-order valence-corrected chi connectivity index (χ0v) is 15.7. The van der Waals surface area contributed by atoms with Crippen LogP contribution in [0.4, 0.5) is 5.82 Å². The lowest BCUT2D eigenvalue weighted by Gasteiger charge is -2.30. The number of fused-ring (bicyclic) bond motifs is 1. The van der Waals surface area contributed by atoms with Gasteiger partial charge in [0.2, 0.25) is 5.91 Å². The van der Waals surface area contributed by atoms with E-state index in [4.69, 9.17) is 5.10 Å². The first-order valence-corrected chi connectivity index (χ1v) is 9.22. The number of nitrogens with zero attached hydrogens (tertiary/aromatic N) is 3. The number of amides is 1. The van der Waals surface area contributed by atoms with Gasteiger partial charge in [-0.1, -0.05) is 6.42 Å². The first-order valence-electron chi connectivity index (χ1n) is 9.22. The third-order valence-electron chi connectivity index (χ3n) is 5.67. The van der Waals surface area contributed by atoms with E-state index in [1.165, 1.54) is 36.1 Å². The van der Waals surface area contributed by atoms with E-state index in [2.05, 4.69) is 54.8 Å². The summed E-state index contributed by atoms with van der Waals surface area (Å²) in [5.41, 5.74) is 5.67. The number of hydrogen-bond donors (Lipinski definition) is 2. The van der Waals surface area contributed by atoms with E-state index in [9.17, 15) is 4.79 Å². The highest BCUT2D eigenvalue weighted by molar-refractivity contribution is 5.94. The van der Waals surface area contributed by atoms with Crippen molar-refractivity contribution in [1.29, 1.82) is 0 Å². The Labute approximate surface area is 148 Å². The molecule has 1 aliphatic heterocycles. The molecule has 0 unspecified atom stereocenters. The van der Waals surface area contributed by atoms with Crippen molar-refractivity contribution in [2.24, 2.45) is 0 Å². The largest absolute Gasteiger partial charge is 0.309 e. The molecule has 0 saturated heterocycles. The van der Waals surface area contributed by atoms with Crippen LogP contribution in [0.5, 0.6) is 0 Å². The van der Waals surface area contributed by atoms with Crippen LogP contribution in [0.25, 0.3) is 0 Å². The highest BCUT2D eigenvalue weighted by Gasteiger charge is 2.38. The molecular formula is C19H27N5O. The molecule has 0 aromatic carbocycles. The van der Waals surface area contributed by atoms with E-state index >= 15 is 0 Å². The number of anilines is 1. The predicted molar refractivity (Wildman–Crippen MR) is 97.0 cm³/mol. The lowest BCUT2D eigenvalue weighted by molar-refractivity contribution is -0.116. The summed E-state index contributed by atoms with van der Waals surface area (Å²) < 4.78 is 2.09. The number of carbonyl (C=O) groups excluding carboxylic acids is 1. The van der Waals surface area contributed by atoms with Crippen molar-refractivity contribution < 1.29 is 4.79 Å². The van der Waals surface area contributed by atoms with Crippen molar-refractivity contribution in [3.8, 4) is 0 Å². The molecule has 2 aliphatic rings. The van der Waals surface area contributed by atoms with Gasteiger partial charge >= 0.3 is 0 Å². The van der Waals surface area contributed by atoms with E-state index in [1.54, 1.807) is 0 Å². The molecule has 25 heavy (non-hydrogen) atoms. The second kappa shape index (κ2) is 5.44. The minimum Gasteiger partial charge on any atom is -0.309 e. The third-order valence-corrected chi connectivity index (χ3v) is 5.67. The molecule has 1 aliphatic carbocycles. The van der Waals surface area contributed by atoms with Gasteiger partial charge in [-0.25, -0.2) is 0 Å². The summed E-state index contributed by atoms with van der Waals surface area (Å²) in [5.74, 6) is 1.33. The summed E-state index contributed by atoms with van der Waals surface area (Å²) >= 11 is 0. The van der Waals surface area contributed by atoms with Crippen LogP contribution in [0.15, 0.2) is 0 Å². The quantitative estimate of drug-likeness (QED) is 0.874. The molecule has 0 radical (unpaired) electrons. The average molecular weight is 341 g/mol. The maximum absolute atomic E-state index is 12.3. The molecule has 0 bridgehead atoms. The Morgan fingerprint density at radius 3 is 2.44 bits per heavy atom. The molecule has 1 amide bonds. The van der Waals surface area contributed by atoms with Crippen LogP contribution in [-0.2, 0) is 10.3 Å². The normalized spacial score (nSPS) is 21.0. The van der Waals surface area contributed by atoms with Gasteiger partial charge in [0.1, 0.15) is 0 Å². The molecular weight excluding hydrogens is 314 g/mol. The minimum atomic E-state index is -0.0833. The number of H-pyrrole nitrogens is 1. The van der Waals surface area contributed by atoms with Crippen LogP contribution in [0.2, 0.25) is 0 Å². The van der Waals surface area contributed by atoms with Crippen LogP contribution >= 0.6 is 0 Å². The topological polar surface area (TPSA) is 75.6 Å². The summed E-state index contributed by atoms with van der Waals surface area (Å²) in [6.45, 7) is 10.7. The molecule has 134 valence electrons. The van der Waals surface area contributed by atoms with Gasteiger partial charge < -0.3 is 5.32 Å². The second-order valence-corrected chi connectivity index (χ2v) is 8.50. The standard InChI is InChI=1S/C19H27N5O/c1-10-15(11(2)24(23-10)19(3,4)5)13-9-14(25)20-18-16(13)17(21-22-18)12-7-6-8-12/h12-13H,6-9H2,1-5H3,(H2,20,21,22,25)/t13-/m1/s1. The molecule has 0 spiro atoms. The molecule has 6 nitrogen and oxygen atoms in total. The molecule has 2 aromatic heterocycles. The monoisotopic (exact) mass is 341 g/mol. The molecule has 2 aromatic rings. The number of aromatic nitrogens is 4. The summed E-state index contributed by atoms with van der Waals surface area (Å²) in [5, 5.41) is 15.4. The molecule has 1 fully saturated rings. The van der Waals surface area contributed by atoms with Crippen LogP contribution in [0.3, 0.4) is 0 Å². The molecule has 2 N–H and O–H groups in total. The van der Waals surface area contributed by atoms with E-state index in [0.29, 0.717) is 18.2 Å². The number of aryl methyl sites for hydroxylation is 1. The second-order valence-electron chi connectivity index (χ2n) is 8.50. The fourth-order valence-electron chi connectivity index (χ4n) is 4.35. The molecule has 6 heteroatoms. The number of hydrogen-bond acceptors (Lipinski definition) is 3. The Kier molecular flexibility index (Phi) is 3.56. The minimum absolute atomic E-state index is 0.0338. The lowest BCUT2D eigenvalue weighted by Crippen LogP contribution is -2.26. The Morgan fingerprint density at radius 2 is 1.88 bits per heavy atom. The Hall–Kier alpha value is -2.11. The number of nitrogens with one attached hydrogen (secondary N) is 2. The number of aromatic amines is 1.